The summed E-state index contributed by atoms with van der Waals surface area (Å²) >= 11 is 6.26. The van der Waals surface area contributed by atoms with E-state index in [0.717, 1.165) is 48.4 Å². The van der Waals surface area contributed by atoms with Crippen molar-refractivity contribution in [2.24, 2.45) is 0 Å². The maximum Gasteiger partial charge on any atom is 0.232 e. The summed E-state index contributed by atoms with van der Waals surface area (Å²) in [5, 5.41) is 0.581. The summed E-state index contributed by atoms with van der Waals surface area (Å²) in [5.74, 6) is 1.58. The molecule has 3 heterocycles. The normalized spacial score (nSPS) is 22.3. The number of rotatable bonds is 3. The first-order chi connectivity index (χ1) is 14.1. The lowest BCUT2D eigenvalue weighted by molar-refractivity contribution is 0.0273. The van der Waals surface area contributed by atoms with E-state index >= 15 is 0 Å². The Hall–Kier alpha value is -2.34. The molecule has 6 heteroatoms. The maximum absolute atomic E-state index is 13.1. The van der Waals surface area contributed by atoms with Crippen molar-refractivity contribution >= 4 is 23.5 Å². The highest BCUT2D eigenvalue weighted by atomic mass is 35.5. The van der Waals surface area contributed by atoms with Crippen molar-refractivity contribution in [3.63, 3.8) is 0 Å². The summed E-state index contributed by atoms with van der Waals surface area (Å²) in [6.07, 6.45) is 4.15. The molecule has 1 saturated heterocycles. The van der Waals surface area contributed by atoms with E-state index in [-0.39, 0.29) is 11.9 Å². The molecule has 0 radical (unpaired) electrons. The Kier molecular flexibility index (Phi) is 4.82. The van der Waals surface area contributed by atoms with Gasteiger partial charge in [-0.15, -0.1) is 0 Å². The fraction of sp³-hybridized carbons (Fsp3) is 0.348. The number of ketones is 1. The van der Waals surface area contributed by atoms with Gasteiger partial charge in [-0.2, -0.15) is 0 Å². The number of benzene rings is 2. The molecule has 29 heavy (non-hydrogen) atoms. The molecule has 0 saturated carbocycles. The molecule has 1 fully saturated rings. The third-order valence-electron chi connectivity index (χ3n) is 5.67. The highest BCUT2D eigenvalue weighted by Gasteiger charge is 2.36. The number of carbonyl (C=O) groups excluding carboxylic acids is 1. The zero-order valence-electron chi connectivity index (χ0n) is 16.2. The number of allylic oxidation sites excluding steroid dienone is 1. The molecular weight excluding hydrogens is 390 g/mol. The molecular formula is C23H22ClNO4. The van der Waals surface area contributed by atoms with Gasteiger partial charge in [0.1, 0.15) is 18.2 Å². The van der Waals surface area contributed by atoms with Gasteiger partial charge in [0.2, 0.25) is 5.78 Å². The average molecular weight is 412 g/mol. The van der Waals surface area contributed by atoms with Crippen molar-refractivity contribution in [1.29, 1.82) is 0 Å². The quantitative estimate of drug-likeness (QED) is 0.691. The number of Topliss-reactive ketones (excluding diaryl/α,β-unsaturated/α-hetero) is 1. The summed E-state index contributed by atoms with van der Waals surface area (Å²) in [4.78, 5) is 15.3. The highest BCUT2D eigenvalue weighted by Crippen LogP contribution is 2.44. The molecule has 5 rings (SSSR count). The highest BCUT2D eigenvalue weighted by molar-refractivity contribution is 6.32. The lowest BCUT2D eigenvalue weighted by Gasteiger charge is -2.31. The van der Waals surface area contributed by atoms with Gasteiger partial charge < -0.3 is 14.2 Å². The summed E-state index contributed by atoms with van der Waals surface area (Å²) < 4.78 is 17.9. The van der Waals surface area contributed by atoms with E-state index in [2.05, 4.69) is 4.90 Å². The number of aryl methyl sites for hydroxylation is 1. The van der Waals surface area contributed by atoms with Gasteiger partial charge in [-0.05, 0) is 49.1 Å². The van der Waals surface area contributed by atoms with Crippen LogP contribution in [0.25, 0.3) is 6.08 Å². The van der Waals surface area contributed by atoms with E-state index in [4.69, 9.17) is 25.8 Å². The Morgan fingerprint density at radius 2 is 2.17 bits per heavy atom. The topological polar surface area (TPSA) is 48.0 Å². The molecule has 1 atom stereocenters. The van der Waals surface area contributed by atoms with Crippen molar-refractivity contribution in [3.8, 4) is 11.5 Å². The standard InChI is InChI=1S/C23H22ClNO4/c1-14-9-19-17(12-25(13-28-19)11-16-6-4-8-27-16)23-21(14)22(26)20(29-23)10-15-5-2-3-7-18(15)24/h2-3,5,7,9-10,16H,4,6,8,11-13H2,1H3/b20-10-. The lowest BCUT2D eigenvalue weighted by Crippen LogP contribution is -2.37. The first-order valence-corrected chi connectivity index (χ1v) is 10.3. The Morgan fingerprint density at radius 1 is 1.31 bits per heavy atom. The van der Waals surface area contributed by atoms with Gasteiger partial charge in [0.05, 0.1) is 17.2 Å². The molecule has 0 N–H and O–H groups in total. The number of hydrogen-bond donors (Lipinski definition) is 0. The van der Waals surface area contributed by atoms with E-state index in [1.165, 1.54) is 0 Å². The molecule has 0 amide bonds. The van der Waals surface area contributed by atoms with Gasteiger partial charge in [0.25, 0.3) is 0 Å². The van der Waals surface area contributed by atoms with E-state index in [0.29, 0.717) is 35.4 Å². The van der Waals surface area contributed by atoms with Gasteiger partial charge in [-0.25, -0.2) is 0 Å². The molecule has 0 aromatic heterocycles. The smallest absolute Gasteiger partial charge is 0.232 e. The maximum atomic E-state index is 13.1. The minimum Gasteiger partial charge on any atom is -0.478 e. The van der Waals surface area contributed by atoms with Crippen molar-refractivity contribution < 1.29 is 19.0 Å². The first kappa shape index (κ1) is 18.7. The monoisotopic (exact) mass is 411 g/mol. The third kappa shape index (κ3) is 3.44. The fourth-order valence-corrected chi connectivity index (χ4v) is 4.39. The lowest BCUT2D eigenvalue weighted by atomic mass is 9.98. The number of hydrogen-bond acceptors (Lipinski definition) is 5. The minimum absolute atomic E-state index is 0.114. The molecule has 0 aliphatic carbocycles. The second-order valence-electron chi connectivity index (χ2n) is 7.76. The molecule has 1 unspecified atom stereocenters. The second-order valence-corrected chi connectivity index (χ2v) is 8.16. The van der Waals surface area contributed by atoms with Crippen LogP contribution in [-0.4, -0.2) is 36.7 Å². The largest absolute Gasteiger partial charge is 0.478 e. The summed E-state index contributed by atoms with van der Waals surface area (Å²) in [7, 11) is 0. The van der Waals surface area contributed by atoms with E-state index < -0.39 is 0 Å². The second kappa shape index (κ2) is 7.48. The fourth-order valence-electron chi connectivity index (χ4n) is 4.20. The average Bonchev–Trinajstić information content (AvgIpc) is 3.33. The SMILES string of the molecule is Cc1cc2c(c3c1C(=O)/C(=C/c1ccccc1Cl)O3)CN(CC1CCCO1)CO2. The Balaban J connectivity index is 1.47. The van der Waals surface area contributed by atoms with Crippen LogP contribution < -0.4 is 9.47 Å². The summed E-state index contributed by atoms with van der Waals surface area (Å²) in [6, 6.07) is 9.34. The van der Waals surface area contributed by atoms with Gasteiger partial charge in [0, 0.05) is 24.7 Å². The molecule has 0 spiro atoms. The van der Waals surface area contributed by atoms with E-state index in [1.54, 1.807) is 12.1 Å². The predicted molar refractivity (Wildman–Crippen MR) is 110 cm³/mol. The van der Waals surface area contributed by atoms with Crippen molar-refractivity contribution in [3.05, 3.63) is 63.4 Å². The van der Waals surface area contributed by atoms with Crippen LogP contribution in [0.15, 0.2) is 36.1 Å². The third-order valence-corrected chi connectivity index (χ3v) is 6.01. The van der Waals surface area contributed by atoms with Crippen molar-refractivity contribution in [2.75, 3.05) is 19.9 Å². The van der Waals surface area contributed by atoms with Crippen molar-refractivity contribution in [1.82, 2.24) is 4.90 Å². The Labute approximate surface area is 174 Å². The van der Waals surface area contributed by atoms with E-state index in [9.17, 15) is 4.79 Å². The number of carbonyl (C=O) groups is 1. The molecule has 0 bridgehead atoms. The number of nitrogens with zero attached hydrogens (tertiary/aromatic N) is 1. The van der Waals surface area contributed by atoms with Crippen LogP contribution in [0, 0.1) is 6.92 Å². The van der Waals surface area contributed by atoms with Crippen LogP contribution in [0.1, 0.15) is 39.9 Å². The van der Waals surface area contributed by atoms with Crippen LogP contribution in [0.3, 0.4) is 0 Å². The Morgan fingerprint density at radius 3 is 2.97 bits per heavy atom. The summed E-state index contributed by atoms with van der Waals surface area (Å²) in [6.45, 7) is 4.75. The van der Waals surface area contributed by atoms with Gasteiger partial charge >= 0.3 is 0 Å². The summed E-state index contributed by atoms with van der Waals surface area (Å²) in [5.41, 5.74) is 3.15. The number of halogens is 1. The van der Waals surface area contributed by atoms with Crippen molar-refractivity contribution in [2.45, 2.75) is 32.4 Å². The van der Waals surface area contributed by atoms with Gasteiger partial charge in [-0.3, -0.25) is 9.69 Å². The predicted octanol–water partition coefficient (Wildman–Crippen LogP) is 4.60. The van der Waals surface area contributed by atoms with Crippen LogP contribution in [-0.2, 0) is 11.3 Å². The molecule has 3 aliphatic heterocycles. The van der Waals surface area contributed by atoms with Gasteiger partial charge in [-0.1, -0.05) is 29.8 Å². The molecule has 2 aromatic carbocycles. The van der Waals surface area contributed by atoms with E-state index in [1.807, 2.05) is 31.2 Å². The number of fused-ring (bicyclic) bond motifs is 3. The van der Waals surface area contributed by atoms with Crippen LogP contribution >= 0.6 is 11.6 Å². The molecule has 3 aliphatic rings. The van der Waals surface area contributed by atoms with Crippen LogP contribution in [0.2, 0.25) is 5.02 Å². The van der Waals surface area contributed by atoms with Gasteiger partial charge in [0.15, 0.2) is 5.76 Å². The molecule has 5 nitrogen and oxygen atoms in total. The Bertz CT molecular complexity index is 1010. The van der Waals surface area contributed by atoms with Crippen LogP contribution in [0.5, 0.6) is 11.5 Å². The molecule has 2 aromatic rings. The zero-order valence-corrected chi connectivity index (χ0v) is 17.0. The first-order valence-electron chi connectivity index (χ1n) is 9.92. The molecule has 150 valence electrons. The zero-order chi connectivity index (χ0) is 20.0. The van der Waals surface area contributed by atoms with Crippen LogP contribution in [0.4, 0.5) is 0 Å². The minimum atomic E-state index is -0.114. The number of ether oxygens (including phenoxy) is 3.